The van der Waals surface area contributed by atoms with Crippen LogP contribution in [0.25, 0.3) is 22.2 Å². The summed E-state index contributed by atoms with van der Waals surface area (Å²) in [6.45, 7) is -0.293. The van der Waals surface area contributed by atoms with Gasteiger partial charge in [0.2, 0.25) is 0 Å². The van der Waals surface area contributed by atoms with E-state index >= 15 is 0 Å². The van der Waals surface area contributed by atoms with Crippen LogP contribution in [0.4, 0.5) is 8.78 Å². The first-order valence-electron chi connectivity index (χ1n) is 7.69. The third-order valence-electron chi connectivity index (χ3n) is 3.87. The first-order chi connectivity index (χ1) is 12.4. The molecule has 132 valence electrons. The zero-order valence-corrected chi connectivity index (χ0v) is 14.6. The Morgan fingerprint density at radius 3 is 2.62 bits per heavy atom. The Morgan fingerprint density at radius 1 is 1.19 bits per heavy atom. The monoisotopic (exact) mass is 372 g/mol. The van der Waals surface area contributed by atoms with Crippen molar-refractivity contribution in [2.24, 2.45) is 0 Å². The summed E-state index contributed by atoms with van der Waals surface area (Å²) in [5.41, 5.74) is 1.35. The minimum absolute atomic E-state index is 0.253. The molecule has 2 aromatic carbocycles. The van der Waals surface area contributed by atoms with E-state index in [-0.39, 0.29) is 17.1 Å². The highest BCUT2D eigenvalue weighted by molar-refractivity contribution is 7.80. The van der Waals surface area contributed by atoms with E-state index in [4.69, 9.17) is 17.3 Å². The van der Waals surface area contributed by atoms with Crippen LogP contribution in [0.1, 0.15) is 5.56 Å². The van der Waals surface area contributed by atoms with Gasteiger partial charge in [0.15, 0.2) is 0 Å². The molecular weight excluding hydrogens is 358 g/mol. The van der Waals surface area contributed by atoms with E-state index in [2.05, 4.69) is 4.98 Å². The van der Waals surface area contributed by atoms with Gasteiger partial charge in [0.05, 0.1) is 11.2 Å². The highest BCUT2D eigenvalue weighted by Crippen LogP contribution is 2.28. The largest absolute Gasteiger partial charge is 0.480 e. The zero-order valence-electron chi connectivity index (χ0n) is 13.7. The number of carboxylic acids is 1. The quantitative estimate of drug-likeness (QED) is 0.705. The topological polar surface area (TPSA) is 53.4 Å². The molecule has 26 heavy (non-hydrogen) atoms. The Balaban J connectivity index is 2.22. The van der Waals surface area contributed by atoms with Crippen LogP contribution in [0.5, 0.6) is 0 Å². The molecule has 1 heterocycles. The maximum atomic E-state index is 14.2. The highest BCUT2D eigenvalue weighted by Gasteiger charge is 2.17. The molecule has 0 aliphatic rings. The van der Waals surface area contributed by atoms with Gasteiger partial charge in [-0.25, -0.2) is 13.8 Å². The second-order valence-corrected chi connectivity index (χ2v) is 6.14. The molecule has 0 unspecified atom stereocenters. The average molecular weight is 372 g/mol. The lowest BCUT2D eigenvalue weighted by Gasteiger charge is -2.20. The number of nitrogens with zero attached hydrogens (tertiary/aromatic N) is 2. The number of aromatic nitrogens is 1. The van der Waals surface area contributed by atoms with Crippen LogP contribution in [0.2, 0.25) is 0 Å². The fourth-order valence-corrected chi connectivity index (χ4v) is 2.90. The van der Waals surface area contributed by atoms with Crippen LogP contribution >= 0.6 is 12.2 Å². The normalized spacial score (nSPS) is 10.7. The van der Waals surface area contributed by atoms with E-state index in [0.29, 0.717) is 22.2 Å². The maximum Gasteiger partial charge on any atom is 0.323 e. The molecule has 0 amide bonds. The molecule has 0 aliphatic carbocycles. The predicted octanol–water partition coefficient (Wildman–Crippen LogP) is 3.87. The predicted molar refractivity (Wildman–Crippen MR) is 99.1 cm³/mol. The van der Waals surface area contributed by atoms with Crippen molar-refractivity contribution in [2.45, 2.75) is 0 Å². The molecule has 0 radical (unpaired) electrons. The van der Waals surface area contributed by atoms with Crippen molar-refractivity contribution in [3.8, 4) is 11.3 Å². The zero-order chi connectivity index (χ0) is 18.8. The molecule has 4 nitrogen and oxygen atoms in total. The Labute approximate surface area is 153 Å². The SMILES string of the molecule is CN(CC(=O)O)C(=S)c1cc(-c2ccccc2F)nc2cc(F)ccc12. The standard InChI is InChI=1S/C19H14F2N2O2S/c1-23(10-18(24)25)19(26)14-9-17(13-4-2-3-5-15(13)21)22-16-8-11(20)6-7-12(14)16/h2-9H,10H2,1H3,(H,24,25). The third-order valence-corrected chi connectivity index (χ3v) is 4.40. The van der Waals surface area contributed by atoms with Crippen molar-refractivity contribution < 1.29 is 18.7 Å². The van der Waals surface area contributed by atoms with Gasteiger partial charge in [-0.1, -0.05) is 24.4 Å². The van der Waals surface area contributed by atoms with Gasteiger partial charge in [0, 0.05) is 29.6 Å². The van der Waals surface area contributed by atoms with Crippen LogP contribution in [0.15, 0.2) is 48.5 Å². The number of carboxylic acid groups (broad SMARTS) is 1. The number of benzene rings is 2. The first-order valence-corrected chi connectivity index (χ1v) is 8.10. The second-order valence-electron chi connectivity index (χ2n) is 5.75. The summed E-state index contributed by atoms with van der Waals surface area (Å²) in [5.74, 6) is -1.98. The summed E-state index contributed by atoms with van der Waals surface area (Å²) in [5, 5.41) is 9.55. The number of thiocarbonyl (C=S) groups is 1. The van der Waals surface area contributed by atoms with Gasteiger partial charge in [-0.3, -0.25) is 4.79 Å². The Bertz CT molecular complexity index is 1020. The van der Waals surface area contributed by atoms with E-state index in [1.165, 1.54) is 29.2 Å². The van der Waals surface area contributed by atoms with Gasteiger partial charge in [-0.05, 0) is 30.3 Å². The van der Waals surface area contributed by atoms with Crippen molar-refractivity contribution in [1.82, 2.24) is 9.88 Å². The van der Waals surface area contributed by atoms with Crippen LogP contribution in [-0.2, 0) is 4.79 Å². The van der Waals surface area contributed by atoms with Crippen LogP contribution in [0, 0.1) is 11.6 Å². The number of hydrogen-bond acceptors (Lipinski definition) is 3. The molecule has 7 heteroatoms. The van der Waals surface area contributed by atoms with E-state index in [0.717, 1.165) is 0 Å². The molecule has 0 saturated carbocycles. The number of fused-ring (bicyclic) bond motifs is 1. The summed E-state index contributed by atoms with van der Waals surface area (Å²) in [4.78, 5) is 17.0. The Kier molecular flexibility index (Phi) is 4.90. The summed E-state index contributed by atoms with van der Waals surface area (Å²) in [6, 6.07) is 11.7. The van der Waals surface area contributed by atoms with Gasteiger partial charge in [-0.2, -0.15) is 0 Å². The summed E-state index contributed by atoms with van der Waals surface area (Å²) in [7, 11) is 1.55. The summed E-state index contributed by atoms with van der Waals surface area (Å²) in [6.07, 6.45) is 0. The van der Waals surface area contributed by atoms with Gasteiger partial charge in [0.1, 0.15) is 23.2 Å². The Hall–Kier alpha value is -2.93. The van der Waals surface area contributed by atoms with E-state index in [1.54, 1.807) is 31.3 Å². The smallest absolute Gasteiger partial charge is 0.323 e. The third kappa shape index (κ3) is 3.52. The summed E-state index contributed by atoms with van der Waals surface area (Å²) >= 11 is 5.41. The van der Waals surface area contributed by atoms with Crippen molar-refractivity contribution in [1.29, 1.82) is 0 Å². The number of halogens is 2. The van der Waals surface area contributed by atoms with Crippen molar-refractivity contribution >= 4 is 34.1 Å². The van der Waals surface area contributed by atoms with Gasteiger partial charge in [-0.15, -0.1) is 0 Å². The number of likely N-dealkylation sites (N-methyl/N-ethyl adjacent to an activating group) is 1. The molecule has 0 aliphatic heterocycles. The fourth-order valence-electron chi connectivity index (χ4n) is 2.67. The number of hydrogen-bond donors (Lipinski definition) is 1. The fraction of sp³-hybridized carbons (Fsp3) is 0.105. The van der Waals surface area contributed by atoms with E-state index in [9.17, 15) is 13.6 Å². The van der Waals surface area contributed by atoms with E-state index < -0.39 is 17.6 Å². The summed E-state index contributed by atoms with van der Waals surface area (Å²) < 4.78 is 27.9. The van der Waals surface area contributed by atoms with Gasteiger partial charge >= 0.3 is 5.97 Å². The number of aliphatic carboxylic acids is 1. The molecule has 0 saturated heterocycles. The lowest BCUT2D eigenvalue weighted by molar-refractivity contribution is -0.137. The lowest BCUT2D eigenvalue weighted by atomic mass is 10.0. The second kappa shape index (κ2) is 7.13. The average Bonchev–Trinajstić information content (AvgIpc) is 2.59. The Morgan fingerprint density at radius 2 is 1.92 bits per heavy atom. The number of rotatable bonds is 4. The molecule has 1 aromatic heterocycles. The highest BCUT2D eigenvalue weighted by atomic mass is 32.1. The molecule has 0 bridgehead atoms. The molecule has 3 rings (SSSR count). The molecule has 1 N–H and O–H groups in total. The minimum Gasteiger partial charge on any atom is -0.480 e. The van der Waals surface area contributed by atoms with Crippen LogP contribution in [-0.4, -0.2) is 39.5 Å². The minimum atomic E-state index is -1.03. The van der Waals surface area contributed by atoms with Crippen molar-refractivity contribution in [2.75, 3.05) is 13.6 Å². The van der Waals surface area contributed by atoms with Gasteiger partial charge < -0.3 is 10.0 Å². The molecule has 3 aromatic rings. The number of pyridine rings is 1. The van der Waals surface area contributed by atoms with Crippen LogP contribution < -0.4 is 0 Å². The van der Waals surface area contributed by atoms with Gasteiger partial charge in [0.25, 0.3) is 0 Å². The molecular formula is C19H14F2N2O2S. The van der Waals surface area contributed by atoms with E-state index in [1.807, 2.05) is 0 Å². The molecule has 0 spiro atoms. The lowest BCUT2D eigenvalue weighted by Crippen LogP contribution is -2.31. The van der Waals surface area contributed by atoms with Crippen molar-refractivity contribution in [3.63, 3.8) is 0 Å². The van der Waals surface area contributed by atoms with Crippen LogP contribution in [0.3, 0.4) is 0 Å². The van der Waals surface area contributed by atoms with Crippen molar-refractivity contribution in [3.05, 3.63) is 65.7 Å². The molecule has 0 atom stereocenters. The molecule has 0 fully saturated rings. The first kappa shape index (κ1) is 17.9. The number of carbonyl (C=O) groups is 1. The maximum absolute atomic E-state index is 14.2.